The van der Waals surface area contributed by atoms with E-state index in [0.29, 0.717) is 33.4 Å². The van der Waals surface area contributed by atoms with E-state index in [2.05, 4.69) is 27.2 Å². The molecule has 5 aromatic rings. The first-order valence-electron chi connectivity index (χ1n) is 11.6. The van der Waals surface area contributed by atoms with Crippen LogP contribution < -0.4 is 16.6 Å². The molecule has 1 amide bonds. The van der Waals surface area contributed by atoms with Crippen molar-refractivity contribution in [1.82, 2.24) is 24.5 Å². The maximum absolute atomic E-state index is 13.9. The minimum Gasteiger partial charge on any atom is -0.381 e. The van der Waals surface area contributed by atoms with Crippen LogP contribution in [0.1, 0.15) is 41.5 Å². The summed E-state index contributed by atoms with van der Waals surface area (Å²) >= 11 is 0. The van der Waals surface area contributed by atoms with Crippen LogP contribution in [0.15, 0.2) is 77.9 Å². The fraction of sp³-hybridized carbons (Fsp3) is 0.107. The first-order chi connectivity index (χ1) is 17.8. The average molecular weight is 490 g/mol. The van der Waals surface area contributed by atoms with Gasteiger partial charge < -0.3 is 11.1 Å². The number of hydrogen-bond acceptors (Lipinski definition) is 6. The maximum Gasteiger partial charge on any atom is 0.264 e. The molecule has 3 aromatic heterocycles. The Labute approximate surface area is 212 Å². The van der Waals surface area contributed by atoms with Crippen molar-refractivity contribution in [3.05, 3.63) is 100 Å². The molecule has 9 heteroatoms. The number of carbonyl (C=O) groups is 1. The summed E-state index contributed by atoms with van der Waals surface area (Å²) in [6.45, 7) is 3.39. The Morgan fingerprint density at radius 3 is 2.68 bits per heavy atom. The van der Waals surface area contributed by atoms with Gasteiger partial charge in [-0.1, -0.05) is 36.3 Å². The Kier molecular flexibility index (Phi) is 5.99. The molecule has 0 unspecified atom stereocenters. The van der Waals surface area contributed by atoms with E-state index in [1.54, 1.807) is 42.9 Å². The standard InChI is InChI=1S/C28H23N7O2/c1-17(29)12-13-19-8-6-9-20-16-22(35(28(37)23(19)20)21-10-4-3-5-11-21)18(2)32-27(36)24-25(30)33-34-15-7-14-31-26(24)34/h3-11,14-16,18,29H,1-2H3,(H2,30,33)(H,32,36)/t18-/m1/s1. The summed E-state index contributed by atoms with van der Waals surface area (Å²) in [4.78, 5) is 31.5. The number of nitrogens with one attached hydrogen (secondary N) is 2. The second-order valence-corrected chi connectivity index (χ2v) is 8.53. The van der Waals surface area contributed by atoms with Crippen LogP contribution in [0.3, 0.4) is 0 Å². The van der Waals surface area contributed by atoms with E-state index in [-0.39, 0.29) is 22.7 Å². The zero-order valence-corrected chi connectivity index (χ0v) is 20.2. The Morgan fingerprint density at radius 1 is 1.14 bits per heavy atom. The summed E-state index contributed by atoms with van der Waals surface area (Å²) in [5.74, 6) is 5.29. The molecule has 2 aromatic carbocycles. The van der Waals surface area contributed by atoms with Crippen molar-refractivity contribution in [3.8, 4) is 17.5 Å². The van der Waals surface area contributed by atoms with Crippen LogP contribution >= 0.6 is 0 Å². The molecule has 0 aliphatic rings. The largest absolute Gasteiger partial charge is 0.381 e. The smallest absolute Gasteiger partial charge is 0.264 e. The van der Waals surface area contributed by atoms with Crippen molar-refractivity contribution in [3.63, 3.8) is 0 Å². The molecular formula is C28H23N7O2. The number of pyridine rings is 1. The lowest BCUT2D eigenvalue weighted by Crippen LogP contribution is -2.32. The number of anilines is 1. The van der Waals surface area contributed by atoms with Crippen molar-refractivity contribution >= 4 is 33.9 Å². The van der Waals surface area contributed by atoms with Gasteiger partial charge in [0.15, 0.2) is 11.5 Å². The Hall–Kier alpha value is -5.23. The minimum atomic E-state index is -0.582. The highest BCUT2D eigenvalue weighted by Gasteiger charge is 2.23. The Balaban J connectivity index is 1.66. The van der Waals surface area contributed by atoms with E-state index in [1.807, 2.05) is 48.5 Å². The molecule has 9 nitrogen and oxygen atoms in total. The number of rotatable bonds is 4. The van der Waals surface area contributed by atoms with Gasteiger partial charge in [-0.3, -0.25) is 19.6 Å². The van der Waals surface area contributed by atoms with Crippen LogP contribution in [-0.4, -0.2) is 30.8 Å². The van der Waals surface area contributed by atoms with Crippen LogP contribution in [0.4, 0.5) is 5.82 Å². The first-order valence-corrected chi connectivity index (χ1v) is 11.6. The Bertz CT molecular complexity index is 1810. The van der Waals surface area contributed by atoms with Crippen molar-refractivity contribution in [2.45, 2.75) is 19.9 Å². The van der Waals surface area contributed by atoms with Crippen LogP contribution in [0, 0.1) is 17.3 Å². The quantitative estimate of drug-likeness (QED) is 0.263. The lowest BCUT2D eigenvalue weighted by atomic mass is 10.0. The van der Waals surface area contributed by atoms with Gasteiger partial charge in [0, 0.05) is 29.3 Å². The highest BCUT2D eigenvalue weighted by Crippen LogP contribution is 2.24. The summed E-state index contributed by atoms with van der Waals surface area (Å²) < 4.78 is 3.02. The van der Waals surface area contributed by atoms with Crippen molar-refractivity contribution in [2.24, 2.45) is 0 Å². The third kappa shape index (κ3) is 4.32. The van der Waals surface area contributed by atoms with Crippen molar-refractivity contribution < 1.29 is 4.79 Å². The fourth-order valence-corrected chi connectivity index (χ4v) is 4.27. The van der Waals surface area contributed by atoms with Gasteiger partial charge in [-0.15, -0.1) is 5.10 Å². The molecule has 0 saturated carbocycles. The predicted molar refractivity (Wildman–Crippen MR) is 143 cm³/mol. The van der Waals surface area contributed by atoms with Crippen LogP contribution in [0.5, 0.6) is 0 Å². The fourth-order valence-electron chi connectivity index (χ4n) is 4.27. The normalized spacial score (nSPS) is 11.6. The van der Waals surface area contributed by atoms with Gasteiger partial charge in [0.2, 0.25) is 0 Å². The van der Waals surface area contributed by atoms with Crippen LogP contribution in [0.25, 0.3) is 22.1 Å². The molecule has 0 saturated heterocycles. The highest BCUT2D eigenvalue weighted by atomic mass is 16.2. The number of nitrogen functional groups attached to an aromatic ring is 1. The third-order valence-electron chi connectivity index (χ3n) is 5.91. The second kappa shape index (κ2) is 9.43. The third-order valence-corrected chi connectivity index (χ3v) is 5.91. The van der Waals surface area contributed by atoms with E-state index in [0.717, 1.165) is 0 Å². The zero-order chi connectivity index (χ0) is 26.1. The molecule has 0 spiro atoms. The molecule has 0 radical (unpaired) electrons. The second-order valence-electron chi connectivity index (χ2n) is 8.53. The van der Waals surface area contributed by atoms with Crippen LogP contribution in [0.2, 0.25) is 0 Å². The maximum atomic E-state index is 13.9. The lowest BCUT2D eigenvalue weighted by Gasteiger charge is -2.21. The summed E-state index contributed by atoms with van der Waals surface area (Å²) in [5.41, 5.74) is 8.24. The Morgan fingerprint density at radius 2 is 1.92 bits per heavy atom. The van der Waals surface area contributed by atoms with Gasteiger partial charge in [0.1, 0.15) is 5.56 Å². The molecule has 3 heterocycles. The molecule has 5 rings (SSSR count). The molecule has 1 atom stereocenters. The number of carbonyl (C=O) groups excluding carboxylic acids is 1. The van der Waals surface area contributed by atoms with E-state index < -0.39 is 11.9 Å². The number of nitrogens with zero attached hydrogens (tertiary/aromatic N) is 4. The highest BCUT2D eigenvalue weighted by molar-refractivity contribution is 6.04. The number of aromatic nitrogens is 4. The number of benzene rings is 2. The monoisotopic (exact) mass is 489 g/mol. The van der Waals surface area contributed by atoms with E-state index >= 15 is 0 Å². The zero-order valence-electron chi connectivity index (χ0n) is 20.2. The van der Waals surface area contributed by atoms with E-state index in [9.17, 15) is 9.59 Å². The average Bonchev–Trinajstić information content (AvgIpc) is 3.23. The van der Waals surface area contributed by atoms with Crippen molar-refractivity contribution in [1.29, 1.82) is 5.41 Å². The number of fused-ring (bicyclic) bond motifs is 2. The molecule has 4 N–H and O–H groups in total. The van der Waals surface area contributed by atoms with Gasteiger partial charge >= 0.3 is 0 Å². The summed E-state index contributed by atoms with van der Waals surface area (Å²) in [6, 6.07) is 17.6. The molecule has 0 aliphatic heterocycles. The van der Waals surface area contributed by atoms with Crippen molar-refractivity contribution in [2.75, 3.05) is 5.73 Å². The molecule has 0 fully saturated rings. The molecular weight excluding hydrogens is 466 g/mol. The van der Waals surface area contributed by atoms with Gasteiger partial charge in [-0.05, 0) is 55.5 Å². The van der Waals surface area contributed by atoms with Gasteiger partial charge in [-0.25, -0.2) is 9.50 Å². The summed E-state index contributed by atoms with van der Waals surface area (Å²) in [7, 11) is 0. The summed E-state index contributed by atoms with van der Waals surface area (Å²) in [5, 5.41) is 15.9. The van der Waals surface area contributed by atoms with Gasteiger partial charge in [0.05, 0.1) is 17.1 Å². The molecule has 0 aliphatic carbocycles. The SMILES string of the molecule is CC(=N)C#Cc1cccc2cc([C@@H](C)NC(=O)c3c(N)nn4cccnc34)n(-c3ccccc3)c(=O)c12. The topological polar surface area (TPSA) is 131 Å². The predicted octanol–water partition coefficient (Wildman–Crippen LogP) is 3.50. The number of nitrogens with two attached hydrogens (primary N) is 1. The molecule has 0 bridgehead atoms. The van der Waals surface area contributed by atoms with Crippen LogP contribution in [-0.2, 0) is 0 Å². The minimum absolute atomic E-state index is 0.0621. The van der Waals surface area contributed by atoms with Gasteiger partial charge in [0.25, 0.3) is 11.5 Å². The van der Waals surface area contributed by atoms with Gasteiger partial charge in [-0.2, -0.15) is 0 Å². The lowest BCUT2D eigenvalue weighted by molar-refractivity contribution is 0.0941. The number of amides is 1. The molecule has 37 heavy (non-hydrogen) atoms. The summed E-state index contributed by atoms with van der Waals surface area (Å²) in [6.07, 6.45) is 3.23. The number of para-hydroxylation sites is 1. The van der Waals surface area contributed by atoms with E-state index in [1.165, 1.54) is 4.52 Å². The molecule has 182 valence electrons. The first kappa shape index (κ1) is 23.5. The number of hydrogen-bond donors (Lipinski definition) is 3. The van der Waals surface area contributed by atoms with E-state index in [4.69, 9.17) is 11.1 Å².